The average molecular weight is 436 g/mol. The van der Waals surface area contributed by atoms with Crippen LogP contribution in [0.15, 0.2) is 24.5 Å². The molecule has 5 heterocycles. The Morgan fingerprint density at radius 1 is 1.22 bits per heavy atom. The Bertz CT molecular complexity index is 1170. The van der Waals surface area contributed by atoms with E-state index in [0.29, 0.717) is 12.5 Å². The number of nitrogens with one attached hydrogen (secondary N) is 1. The molecule has 3 aromatic heterocycles. The molecule has 3 aromatic rings. The van der Waals surface area contributed by atoms with Gasteiger partial charge in [-0.25, -0.2) is 9.78 Å². The van der Waals surface area contributed by atoms with Gasteiger partial charge in [-0.15, -0.1) is 0 Å². The molecule has 170 valence electrons. The number of aryl methyl sites for hydroxylation is 1. The van der Waals surface area contributed by atoms with Crippen LogP contribution in [-0.2, 0) is 16.7 Å². The number of pyridine rings is 1. The first kappa shape index (κ1) is 21.0. The molecule has 1 unspecified atom stereocenters. The van der Waals surface area contributed by atoms with E-state index in [9.17, 15) is 4.79 Å². The number of likely N-dealkylation sites (tertiary alicyclic amines) is 1. The van der Waals surface area contributed by atoms with Gasteiger partial charge in [0.15, 0.2) is 0 Å². The normalized spacial score (nSPS) is 21.0. The van der Waals surface area contributed by atoms with Gasteiger partial charge >= 0.3 is 6.09 Å². The smallest absolute Gasteiger partial charge is 0.410 e. The Hall–Kier alpha value is -2.83. The fourth-order valence-corrected chi connectivity index (χ4v) is 5.26. The molecule has 0 aromatic carbocycles. The van der Waals surface area contributed by atoms with Gasteiger partial charge in [-0.3, -0.25) is 4.68 Å². The summed E-state index contributed by atoms with van der Waals surface area (Å²) in [5, 5.41) is 6.13. The lowest BCUT2D eigenvalue weighted by Gasteiger charge is -2.34. The molecular formula is C25H33N5O2. The summed E-state index contributed by atoms with van der Waals surface area (Å²) in [7, 11) is 0. The Morgan fingerprint density at radius 3 is 2.78 bits per heavy atom. The van der Waals surface area contributed by atoms with Crippen LogP contribution in [0.25, 0.3) is 22.3 Å². The standard InChI is InChI=1S/C25H33N5O2/c1-16(2)19-14-27-22-18(19)11-17(13-26-22)20-12-21-25(7-6-9-30(21)28-20)8-10-29(15-25)23(31)32-24(3,4)5/h11-14,16H,6-10,15H2,1-5H3,(H,26,27). The van der Waals surface area contributed by atoms with Gasteiger partial charge < -0.3 is 14.6 Å². The van der Waals surface area contributed by atoms with Crippen LogP contribution in [-0.4, -0.2) is 49.4 Å². The Balaban J connectivity index is 1.46. The van der Waals surface area contributed by atoms with E-state index in [-0.39, 0.29) is 11.5 Å². The van der Waals surface area contributed by atoms with Gasteiger partial charge in [0.25, 0.3) is 0 Å². The molecule has 7 nitrogen and oxygen atoms in total. The van der Waals surface area contributed by atoms with E-state index in [1.165, 1.54) is 11.3 Å². The van der Waals surface area contributed by atoms with Crippen LogP contribution in [0.1, 0.15) is 71.1 Å². The predicted molar refractivity (Wildman–Crippen MR) is 125 cm³/mol. The highest BCUT2D eigenvalue weighted by atomic mass is 16.6. The van der Waals surface area contributed by atoms with Gasteiger partial charge in [-0.2, -0.15) is 5.10 Å². The van der Waals surface area contributed by atoms with Crippen LogP contribution in [0, 0.1) is 0 Å². The second-order valence-corrected chi connectivity index (χ2v) is 10.7. The summed E-state index contributed by atoms with van der Waals surface area (Å²) in [6.07, 6.45) is 6.85. The molecule has 1 amide bonds. The maximum Gasteiger partial charge on any atom is 0.410 e. The Labute approximate surface area is 189 Å². The van der Waals surface area contributed by atoms with Crippen LogP contribution in [0.3, 0.4) is 0 Å². The third kappa shape index (κ3) is 3.57. The predicted octanol–water partition coefficient (Wildman–Crippen LogP) is 5.22. The van der Waals surface area contributed by atoms with E-state index in [0.717, 1.165) is 54.6 Å². The molecule has 2 aliphatic heterocycles. The second-order valence-electron chi connectivity index (χ2n) is 10.7. The molecule has 5 rings (SSSR count). The minimum Gasteiger partial charge on any atom is -0.444 e. The van der Waals surface area contributed by atoms with E-state index in [2.05, 4.69) is 46.8 Å². The first-order valence-corrected chi connectivity index (χ1v) is 11.7. The van der Waals surface area contributed by atoms with Crippen LogP contribution in [0.4, 0.5) is 4.79 Å². The van der Waals surface area contributed by atoms with Crippen LogP contribution in [0.5, 0.6) is 0 Å². The number of aromatic nitrogens is 4. The summed E-state index contributed by atoms with van der Waals surface area (Å²) >= 11 is 0. The number of carbonyl (C=O) groups is 1. The molecule has 0 radical (unpaired) electrons. The maximum atomic E-state index is 12.7. The molecule has 7 heteroatoms. The lowest BCUT2D eigenvalue weighted by molar-refractivity contribution is 0.0280. The first-order valence-electron chi connectivity index (χ1n) is 11.7. The summed E-state index contributed by atoms with van der Waals surface area (Å²) in [5.74, 6) is 0.427. The Kier molecular flexibility index (Phi) is 4.84. The van der Waals surface area contributed by atoms with Crippen LogP contribution >= 0.6 is 0 Å². The van der Waals surface area contributed by atoms with Crippen molar-refractivity contribution in [2.75, 3.05) is 13.1 Å². The molecule has 0 bridgehead atoms. The SMILES string of the molecule is CC(C)c1c[nH]c2ncc(-c3cc4n(n3)CCCC43CCN(C(=O)OC(C)(C)C)C3)cc12. The van der Waals surface area contributed by atoms with E-state index >= 15 is 0 Å². The quantitative estimate of drug-likeness (QED) is 0.599. The average Bonchev–Trinajstić information content (AvgIpc) is 3.43. The van der Waals surface area contributed by atoms with Gasteiger partial charge in [-0.05, 0) is 63.6 Å². The highest BCUT2D eigenvalue weighted by Crippen LogP contribution is 2.43. The van der Waals surface area contributed by atoms with Crippen molar-refractivity contribution < 1.29 is 9.53 Å². The molecule has 1 spiro atoms. The topological polar surface area (TPSA) is 76.0 Å². The lowest BCUT2D eigenvalue weighted by atomic mass is 9.77. The zero-order valence-corrected chi connectivity index (χ0v) is 19.7. The van der Waals surface area contributed by atoms with E-state index in [4.69, 9.17) is 9.84 Å². The first-order chi connectivity index (χ1) is 15.2. The van der Waals surface area contributed by atoms with Crippen LogP contribution < -0.4 is 0 Å². The molecule has 1 saturated heterocycles. The van der Waals surface area contributed by atoms with Crippen molar-refractivity contribution in [2.24, 2.45) is 0 Å². The summed E-state index contributed by atoms with van der Waals surface area (Å²) in [6, 6.07) is 4.43. The molecule has 2 aliphatic rings. The molecule has 1 fully saturated rings. The highest BCUT2D eigenvalue weighted by Gasteiger charge is 2.46. The van der Waals surface area contributed by atoms with Crippen LogP contribution in [0.2, 0.25) is 0 Å². The van der Waals surface area contributed by atoms with Crippen molar-refractivity contribution >= 4 is 17.1 Å². The minimum absolute atomic E-state index is 0.0465. The third-order valence-electron chi connectivity index (χ3n) is 6.83. The van der Waals surface area contributed by atoms with Gasteiger partial charge in [-0.1, -0.05) is 13.8 Å². The number of H-pyrrole nitrogens is 1. The summed E-state index contributed by atoms with van der Waals surface area (Å²) in [5.41, 5.74) is 4.91. The van der Waals surface area contributed by atoms with Crippen molar-refractivity contribution in [2.45, 2.75) is 77.4 Å². The zero-order chi connectivity index (χ0) is 22.7. The van der Waals surface area contributed by atoms with E-state index in [1.807, 2.05) is 31.9 Å². The molecule has 0 aliphatic carbocycles. The fraction of sp³-hybridized carbons (Fsp3) is 0.560. The molecule has 32 heavy (non-hydrogen) atoms. The molecular weight excluding hydrogens is 402 g/mol. The van der Waals surface area contributed by atoms with Gasteiger partial charge in [0.1, 0.15) is 11.2 Å². The number of rotatable bonds is 2. The number of carbonyl (C=O) groups excluding carboxylic acids is 1. The largest absolute Gasteiger partial charge is 0.444 e. The number of aromatic amines is 1. The van der Waals surface area contributed by atoms with Crippen molar-refractivity contribution in [3.63, 3.8) is 0 Å². The zero-order valence-electron chi connectivity index (χ0n) is 19.7. The summed E-state index contributed by atoms with van der Waals surface area (Å²) in [6.45, 7) is 12.5. The number of fused-ring (bicyclic) bond motifs is 3. The van der Waals surface area contributed by atoms with Crippen molar-refractivity contribution in [3.8, 4) is 11.3 Å². The van der Waals surface area contributed by atoms with Crippen molar-refractivity contribution in [1.82, 2.24) is 24.6 Å². The van der Waals surface area contributed by atoms with Crippen molar-refractivity contribution in [1.29, 1.82) is 0 Å². The number of amides is 1. The van der Waals surface area contributed by atoms with Crippen molar-refractivity contribution in [3.05, 3.63) is 35.8 Å². The van der Waals surface area contributed by atoms with E-state index < -0.39 is 5.60 Å². The minimum atomic E-state index is -0.479. The summed E-state index contributed by atoms with van der Waals surface area (Å²) in [4.78, 5) is 22.5. The second kappa shape index (κ2) is 7.36. The third-order valence-corrected chi connectivity index (χ3v) is 6.83. The molecule has 0 saturated carbocycles. The molecule has 1 N–H and O–H groups in total. The number of hydrogen-bond donors (Lipinski definition) is 1. The fourth-order valence-electron chi connectivity index (χ4n) is 5.26. The van der Waals surface area contributed by atoms with Gasteiger partial charge in [0.2, 0.25) is 0 Å². The van der Waals surface area contributed by atoms with E-state index in [1.54, 1.807) is 0 Å². The summed E-state index contributed by atoms with van der Waals surface area (Å²) < 4.78 is 7.79. The number of hydrogen-bond acceptors (Lipinski definition) is 4. The Morgan fingerprint density at radius 2 is 2.03 bits per heavy atom. The lowest BCUT2D eigenvalue weighted by Crippen LogP contribution is -2.40. The number of ether oxygens (including phenoxy) is 1. The monoisotopic (exact) mass is 435 g/mol. The molecule has 1 atom stereocenters. The van der Waals surface area contributed by atoms with Gasteiger partial charge in [0, 0.05) is 54.1 Å². The van der Waals surface area contributed by atoms with Gasteiger partial charge in [0.05, 0.1) is 5.69 Å². The maximum absolute atomic E-state index is 12.7. The number of nitrogens with zero attached hydrogens (tertiary/aromatic N) is 4. The highest BCUT2D eigenvalue weighted by molar-refractivity contribution is 5.84.